The van der Waals surface area contributed by atoms with Crippen LogP contribution in [0.1, 0.15) is 11.1 Å². The van der Waals surface area contributed by atoms with Crippen LogP contribution in [0.3, 0.4) is 0 Å². The summed E-state index contributed by atoms with van der Waals surface area (Å²) in [5, 5.41) is 4.10. The number of aromatic nitrogens is 3. The molecule has 0 radical (unpaired) electrons. The summed E-state index contributed by atoms with van der Waals surface area (Å²) in [5.74, 6) is 0. The number of fused-ring (bicyclic) bond motifs is 1. The molecule has 0 aliphatic heterocycles. The zero-order valence-electron chi connectivity index (χ0n) is 18.2. The number of benzene rings is 2. The van der Waals surface area contributed by atoms with Crippen molar-refractivity contribution in [1.82, 2.24) is 20.3 Å². The van der Waals surface area contributed by atoms with Gasteiger partial charge < -0.3 is 10.3 Å². The average Bonchev–Trinajstić information content (AvgIpc) is 2.88. The standard InChI is InChI=1S/C28H24N4O/c33-28-25-18-24(22-4-2-1-3-5-22)27(32-26(25)13-17-31-28)23-8-6-21(7-9-23)19-30-16-12-20-10-14-29-15-11-20/h1-11,13-15,17-18,30H,12,16,19H2,(H,31,33). The molecule has 0 aliphatic rings. The van der Waals surface area contributed by atoms with E-state index in [0.717, 1.165) is 41.9 Å². The van der Waals surface area contributed by atoms with E-state index in [4.69, 9.17) is 4.98 Å². The smallest absolute Gasteiger partial charge is 0.257 e. The maximum absolute atomic E-state index is 12.4. The van der Waals surface area contributed by atoms with E-state index < -0.39 is 0 Å². The number of hydrogen-bond donors (Lipinski definition) is 2. The predicted molar refractivity (Wildman–Crippen MR) is 133 cm³/mol. The molecule has 0 fully saturated rings. The Balaban J connectivity index is 1.40. The van der Waals surface area contributed by atoms with Gasteiger partial charge in [0.25, 0.3) is 5.56 Å². The van der Waals surface area contributed by atoms with Gasteiger partial charge in [-0.05, 0) is 53.9 Å². The Bertz CT molecular complexity index is 1410. The Morgan fingerprint density at radius 2 is 1.61 bits per heavy atom. The summed E-state index contributed by atoms with van der Waals surface area (Å²) in [7, 11) is 0. The van der Waals surface area contributed by atoms with Crippen LogP contribution in [0.5, 0.6) is 0 Å². The first kappa shape index (κ1) is 20.8. The molecular formula is C28H24N4O. The summed E-state index contributed by atoms with van der Waals surface area (Å²) in [6.07, 6.45) is 6.27. The van der Waals surface area contributed by atoms with Crippen molar-refractivity contribution in [2.24, 2.45) is 0 Å². The van der Waals surface area contributed by atoms with Crippen LogP contribution in [-0.2, 0) is 13.0 Å². The van der Waals surface area contributed by atoms with Crippen LogP contribution in [0.2, 0.25) is 0 Å². The van der Waals surface area contributed by atoms with Gasteiger partial charge in [0.05, 0.1) is 16.6 Å². The molecule has 33 heavy (non-hydrogen) atoms. The molecule has 0 bridgehead atoms. The van der Waals surface area contributed by atoms with Crippen LogP contribution in [-0.4, -0.2) is 21.5 Å². The van der Waals surface area contributed by atoms with Gasteiger partial charge in [-0.25, -0.2) is 4.98 Å². The summed E-state index contributed by atoms with van der Waals surface area (Å²) in [6, 6.07) is 26.4. The van der Waals surface area contributed by atoms with Gasteiger partial charge in [0, 0.05) is 36.3 Å². The molecule has 0 atom stereocenters. The van der Waals surface area contributed by atoms with Gasteiger partial charge in [-0.3, -0.25) is 9.78 Å². The number of nitrogens with zero attached hydrogens (tertiary/aromatic N) is 2. The highest BCUT2D eigenvalue weighted by atomic mass is 16.1. The lowest BCUT2D eigenvalue weighted by atomic mass is 9.97. The van der Waals surface area contributed by atoms with Crippen molar-refractivity contribution < 1.29 is 0 Å². The first-order valence-electron chi connectivity index (χ1n) is 11.0. The molecule has 5 nitrogen and oxygen atoms in total. The molecule has 0 spiro atoms. The number of nitrogens with one attached hydrogen (secondary N) is 2. The molecule has 0 unspecified atom stereocenters. The molecule has 0 saturated carbocycles. The Hall–Kier alpha value is -4.09. The van der Waals surface area contributed by atoms with E-state index in [1.165, 1.54) is 11.1 Å². The lowest BCUT2D eigenvalue weighted by Gasteiger charge is -2.12. The van der Waals surface area contributed by atoms with Crippen LogP contribution < -0.4 is 10.9 Å². The second kappa shape index (κ2) is 9.59. The van der Waals surface area contributed by atoms with E-state index in [0.29, 0.717) is 10.9 Å². The molecule has 0 saturated heterocycles. The largest absolute Gasteiger partial charge is 0.328 e. The fourth-order valence-corrected chi connectivity index (χ4v) is 3.96. The normalized spacial score (nSPS) is 11.0. The summed E-state index contributed by atoms with van der Waals surface area (Å²) in [5.41, 5.74) is 6.93. The van der Waals surface area contributed by atoms with Gasteiger partial charge in [0.2, 0.25) is 0 Å². The summed E-state index contributed by atoms with van der Waals surface area (Å²) in [6.45, 7) is 1.71. The molecule has 0 aliphatic carbocycles. The van der Waals surface area contributed by atoms with E-state index >= 15 is 0 Å². The van der Waals surface area contributed by atoms with E-state index in [9.17, 15) is 4.79 Å². The molecule has 3 aromatic heterocycles. The Kier molecular flexibility index (Phi) is 6.04. The molecule has 5 heteroatoms. The molecule has 0 amide bonds. The third kappa shape index (κ3) is 4.73. The van der Waals surface area contributed by atoms with Gasteiger partial charge in [-0.15, -0.1) is 0 Å². The maximum atomic E-state index is 12.4. The van der Waals surface area contributed by atoms with E-state index in [-0.39, 0.29) is 5.56 Å². The number of pyridine rings is 3. The van der Waals surface area contributed by atoms with Crippen LogP contribution >= 0.6 is 0 Å². The summed E-state index contributed by atoms with van der Waals surface area (Å²) >= 11 is 0. The summed E-state index contributed by atoms with van der Waals surface area (Å²) < 4.78 is 0. The number of H-pyrrole nitrogens is 1. The molecule has 162 valence electrons. The Morgan fingerprint density at radius 1 is 0.818 bits per heavy atom. The third-order valence-corrected chi connectivity index (χ3v) is 5.73. The zero-order valence-corrected chi connectivity index (χ0v) is 18.2. The topological polar surface area (TPSA) is 70.7 Å². The van der Waals surface area contributed by atoms with Crippen LogP contribution in [0.4, 0.5) is 0 Å². The third-order valence-electron chi connectivity index (χ3n) is 5.73. The Morgan fingerprint density at radius 3 is 2.39 bits per heavy atom. The fourth-order valence-electron chi connectivity index (χ4n) is 3.96. The minimum atomic E-state index is -0.128. The molecule has 3 heterocycles. The highest BCUT2D eigenvalue weighted by molar-refractivity contribution is 5.91. The van der Waals surface area contributed by atoms with Crippen molar-refractivity contribution in [2.75, 3.05) is 6.54 Å². The number of aromatic amines is 1. The first-order chi connectivity index (χ1) is 16.3. The molecular weight excluding hydrogens is 408 g/mol. The van der Waals surface area contributed by atoms with Gasteiger partial charge in [-0.1, -0.05) is 54.6 Å². The lowest BCUT2D eigenvalue weighted by Crippen LogP contribution is -2.16. The summed E-state index contributed by atoms with van der Waals surface area (Å²) in [4.78, 5) is 24.1. The minimum Gasteiger partial charge on any atom is -0.328 e. The minimum absolute atomic E-state index is 0.128. The van der Waals surface area contributed by atoms with E-state index in [2.05, 4.69) is 39.6 Å². The zero-order chi connectivity index (χ0) is 22.5. The van der Waals surface area contributed by atoms with Crippen molar-refractivity contribution in [3.05, 3.63) is 119 Å². The average molecular weight is 433 g/mol. The van der Waals surface area contributed by atoms with E-state index in [1.54, 1.807) is 6.20 Å². The predicted octanol–water partition coefficient (Wildman–Crippen LogP) is 4.98. The molecule has 5 rings (SSSR count). The second-order valence-electron chi connectivity index (χ2n) is 7.97. The maximum Gasteiger partial charge on any atom is 0.257 e. The molecule has 2 N–H and O–H groups in total. The highest BCUT2D eigenvalue weighted by Gasteiger charge is 2.13. The number of hydrogen-bond acceptors (Lipinski definition) is 4. The SMILES string of the molecule is O=c1[nH]ccc2nc(-c3ccc(CNCCc4ccncc4)cc3)c(-c3ccccc3)cc12. The van der Waals surface area contributed by atoms with Crippen LogP contribution in [0.15, 0.2) is 102 Å². The number of rotatable bonds is 7. The first-order valence-corrected chi connectivity index (χ1v) is 11.0. The van der Waals surface area contributed by atoms with Gasteiger partial charge in [-0.2, -0.15) is 0 Å². The monoisotopic (exact) mass is 432 g/mol. The fraction of sp³-hybridized carbons (Fsp3) is 0.107. The van der Waals surface area contributed by atoms with E-state index in [1.807, 2.05) is 67.0 Å². The quantitative estimate of drug-likeness (QED) is 0.356. The van der Waals surface area contributed by atoms with Crippen molar-refractivity contribution in [3.63, 3.8) is 0 Å². The van der Waals surface area contributed by atoms with Crippen molar-refractivity contribution >= 4 is 10.9 Å². The lowest BCUT2D eigenvalue weighted by molar-refractivity contribution is 0.686. The van der Waals surface area contributed by atoms with Crippen molar-refractivity contribution in [1.29, 1.82) is 0 Å². The van der Waals surface area contributed by atoms with Crippen molar-refractivity contribution in [3.8, 4) is 22.4 Å². The van der Waals surface area contributed by atoms with Gasteiger partial charge in [0.1, 0.15) is 0 Å². The second-order valence-corrected chi connectivity index (χ2v) is 7.97. The van der Waals surface area contributed by atoms with Crippen LogP contribution in [0, 0.1) is 0 Å². The van der Waals surface area contributed by atoms with Crippen molar-refractivity contribution in [2.45, 2.75) is 13.0 Å². The van der Waals surface area contributed by atoms with Gasteiger partial charge in [0.15, 0.2) is 0 Å². The molecule has 5 aromatic rings. The highest BCUT2D eigenvalue weighted by Crippen LogP contribution is 2.32. The molecule has 2 aromatic carbocycles. The van der Waals surface area contributed by atoms with Crippen LogP contribution in [0.25, 0.3) is 33.3 Å². The Labute approximate surface area is 192 Å². The van der Waals surface area contributed by atoms with Gasteiger partial charge >= 0.3 is 0 Å².